The van der Waals surface area contributed by atoms with Crippen LogP contribution >= 0.6 is 0 Å². The lowest BCUT2D eigenvalue weighted by Crippen LogP contribution is -2.14. The van der Waals surface area contributed by atoms with Crippen LogP contribution in [0.1, 0.15) is 19.3 Å². The minimum Gasteiger partial charge on any atom is -0.303 e. The molecule has 0 N–H and O–H groups in total. The van der Waals surface area contributed by atoms with Crippen molar-refractivity contribution in [2.75, 3.05) is 0 Å². The molecule has 0 heterocycles. The number of carbonyl (C=O) groups excluding carboxylic acids is 2. The van der Waals surface area contributed by atoms with Crippen molar-refractivity contribution in [2.45, 2.75) is 19.3 Å². The lowest BCUT2D eigenvalue weighted by Gasteiger charge is -2.22. The molecule has 0 bridgehead atoms. The van der Waals surface area contributed by atoms with Crippen molar-refractivity contribution >= 4 is 12.1 Å². The van der Waals surface area contributed by atoms with Gasteiger partial charge in [-0.25, -0.2) is 0 Å². The average molecular weight is 202 g/mol. The predicted octanol–water partition coefficient (Wildman–Crippen LogP) is 2.22. The number of rotatable bonds is 2. The zero-order chi connectivity index (χ0) is 10.9. The molecule has 0 aromatic rings. The van der Waals surface area contributed by atoms with Gasteiger partial charge >= 0.3 is 0 Å². The fourth-order valence-corrected chi connectivity index (χ4v) is 2.47. The first-order chi connectivity index (χ1) is 7.15. The molecule has 78 valence electrons. The fraction of sp³-hybridized carbons (Fsp3) is 0.385. The van der Waals surface area contributed by atoms with Crippen LogP contribution in [0.3, 0.4) is 0 Å². The molecule has 1 fully saturated rings. The Labute approximate surface area is 89.4 Å². The van der Waals surface area contributed by atoms with Gasteiger partial charge in [-0.15, -0.1) is 0 Å². The molecule has 1 saturated carbocycles. The quantitative estimate of drug-likeness (QED) is 0.508. The summed E-state index contributed by atoms with van der Waals surface area (Å²) in [5.74, 6) is 0.329. The minimum atomic E-state index is -0.0430. The molecule has 1 unspecified atom stereocenters. The largest absolute Gasteiger partial charge is 0.303 e. The number of ketones is 1. The van der Waals surface area contributed by atoms with Crippen LogP contribution in [0.15, 0.2) is 36.5 Å². The van der Waals surface area contributed by atoms with Crippen molar-refractivity contribution in [3.63, 3.8) is 0 Å². The van der Waals surface area contributed by atoms with Crippen molar-refractivity contribution in [2.24, 2.45) is 11.3 Å². The van der Waals surface area contributed by atoms with Crippen LogP contribution in [0.5, 0.6) is 0 Å². The molecular formula is C13H14O2. The van der Waals surface area contributed by atoms with Crippen LogP contribution in [0.4, 0.5) is 0 Å². The molecular weight excluding hydrogens is 188 g/mol. The molecule has 2 aliphatic rings. The number of carbonyl (C=O) groups is 2. The van der Waals surface area contributed by atoms with E-state index in [0.29, 0.717) is 6.42 Å². The highest BCUT2D eigenvalue weighted by Crippen LogP contribution is 2.48. The van der Waals surface area contributed by atoms with Crippen molar-refractivity contribution in [3.8, 4) is 0 Å². The highest BCUT2D eigenvalue weighted by Gasteiger charge is 2.38. The molecule has 1 atom stereocenters. The summed E-state index contributed by atoms with van der Waals surface area (Å²) < 4.78 is 0. The first-order valence-electron chi connectivity index (χ1n) is 5.19. The van der Waals surface area contributed by atoms with Crippen LogP contribution in [-0.4, -0.2) is 12.1 Å². The minimum absolute atomic E-state index is 0.0430. The second-order valence-electron chi connectivity index (χ2n) is 4.44. The van der Waals surface area contributed by atoms with Gasteiger partial charge in [0.1, 0.15) is 6.29 Å². The third-order valence-corrected chi connectivity index (χ3v) is 3.30. The number of hydrogen-bond acceptors (Lipinski definition) is 2. The monoisotopic (exact) mass is 202 g/mol. The summed E-state index contributed by atoms with van der Waals surface area (Å²) in [4.78, 5) is 21.5. The molecule has 2 nitrogen and oxygen atoms in total. The van der Waals surface area contributed by atoms with Crippen molar-refractivity contribution in [1.29, 1.82) is 0 Å². The Morgan fingerprint density at radius 2 is 2.13 bits per heavy atom. The van der Waals surface area contributed by atoms with Gasteiger partial charge < -0.3 is 4.79 Å². The lowest BCUT2D eigenvalue weighted by molar-refractivity contribution is -0.111. The molecule has 0 amide bonds. The molecule has 1 spiro atoms. The average Bonchev–Trinajstić information content (AvgIpc) is 2.50. The normalized spacial score (nSPS) is 27.6. The van der Waals surface area contributed by atoms with Gasteiger partial charge in [-0.3, -0.25) is 4.79 Å². The molecule has 0 aromatic carbocycles. The van der Waals surface area contributed by atoms with Crippen molar-refractivity contribution in [3.05, 3.63) is 36.5 Å². The third-order valence-electron chi connectivity index (χ3n) is 3.30. The standard InChI is InChI=1S/C13H14O2/c1-10-8-13(9-11(10)4-7-14)5-2-12(15)3-6-13/h2-3,5-7,11H,1,4,8-9H2. The third kappa shape index (κ3) is 1.84. The Bertz CT molecular complexity index is 358. The van der Waals surface area contributed by atoms with Gasteiger partial charge in [0.2, 0.25) is 0 Å². The molecule has 0 saturated heterocycles. The molecule has 0 radical (unpaired) electrons. The molecule has 2 rings (SSSR count). The molecule has 15 heavy (non-hydrogen) atoms. The summed E-state index contributed by atoms with van der Waals surface area (Å²) in [7, 11) is 0. The maximum absolute atomic E-state index is 11.0. The maximum Gasteiger partial charge on any atom is 0.178 e. The van der Waals surface area contributed by atoms with E-state index in [9.17, 15) is 9.59 Å². The topological polar surface area (TPSA) is 34.1 Å². The summed E-state index contributed by atoms with van der Waals surface area (Å²) in [5, 5.41) is 0. The van der Waals surface area contributed by atoms with Gasteiger partial charge in [0.25, 0.3) is 0 Å². The smallest absolute Gasteiger partial charge is 0.178 e. The summed E-state index contributed by atoms with van der Waals surface area (Å²) in [5.41, 5.74) is 1.09. The Morgan fingerprint density at radius 3 is 2.73 bits per heavy atom. The van der Waals surface area contributed by atoms with Crippen molar-refractivity contribution in [1.82, 2.24) is 0 Å². The molecule has 2 heteroatoms. The van der Waals surface area contributed by atoms with Gasteiger partial charge in [0.15, 0.2) is 5.78 Å². The van der Waals surface area contributed by atoms with E-state index in [4.69, 9.17) is 0 Å². The summed E-state index contributed by atoms with van der Waals surface area (Å²) in [6, 6.07) is 0. The summed E-state index contributed by atoms with van der Waals surface area (Å²) in [6.07, 6.45) is 10.5. The van der Waals surface area contributed by atoms with Gasteiger partial charge in [0, 0.05) is 11.8 Å². The van der Waals surface area contributed by atoms with Crippen LogP contribution in [-0.2, 0) is 9.59 Å². The first-order valence-corrected chi connectivity index (χ1v) is 5.19. The number of aldehydes is 1. The zero-order valence-electron chi connectivity index (χ0n) is 8.61. The number of allylic oxidation sites excluding steroid dienone is 5. The summed E-state index contributed by atoms with van der Waals surface area (Å²) in [6.45, 7) is 4.01. The Balaban J connectivity index is 2.17. The van der Waals surface area contributed by atoms with E-state index < -0.39 is 0 Å². The molecule has 0 aliphatic heterocycles. The van der Waals surface area contributed by atoms with E-state index >= 15 is 0 Å². The lowest BCUT2D eigenvalue weighted by atomic mass is 9.81. The van der Waals surface area contributed by atoms with E-state index in [0.717, 1.165) is 24.7 Å². The van der Waals surface area contributed by atoms with E-state index in [1.54, 1.807) is 12.2 Å². The van der Waals surface area contributed by atoms with E-state index in [1.807, 2.05) is 12.2 Å². The Kier molecular flexibility index (Phi) is 2.43. The van der Waals surface area contributed by atoms with Crippen LogP contribution in [0.25, 0.3) is 0 Å². The van der Waals surface area contributed by atoms with E-state index in [1.165, 1.54) is 0 Å². The van der Waals surface area contributed by atoms with E-state index in [2.05, 4.69) is 6.58 Å². The van der Waals surface area contributed by atoms with Crippen LogP contribution in [0.2, 0.25) is 0 Å². The van der Waals surface area contributed by atoms with Crippen LogP contribution in [0, 0.1) is 11.3 Å². The van der Waals surface area contributed by atoms with Crippen molar-refractivity contribution < 1.29 is 9.59 Å². The van der Waals surface area contributed by atoms with Gasteiger partial charge in [0.05, 0.1) is 0 Å². The zero-order valence-corrected chi connectivity index (χ0v) is 8.61. The molecule has 0 aromatic heterocycles. The second kappa shape index (κ2) is 3.61. The van der Waals surface area contributed by atoms with Crippen LogP contribution < -0.4 is 0 Å². The predicted molar refractivity (Wildman–Crippen MR) is 58.3 cm³/mol. The maximum atomic E-state index is 11.0. The highest BCUT2D eigenvalue weighted by molar-refractivity contribution is 6.00. The summed E-state index contributed by atoms with van der Waals surface area (Å²) >= 11 is 0. The van der Waals surface area contributed by atoms with Gasteiger partial charge in [-0.2, -0.15) is 0 Å². The van der Waals surface area contributed by atoms with E-state index in [-0.39, 0.29) is 17.1 Å². The van der Waals surface area contributed by atoms with Gasteiger partial charge in [-0.05, 0) is 30.9 Å². The SMILES string of the molecule is C=C1CC2(C=CC(=O)C=C2)CC1CC=O. The second-order valence-corrected chi connectivity index (χ2v) is 4.44. The number of hydrogen-bond donors (Lipinski definition) is 0. The first kappa shape index (κ1) is 10.1. The Hall–Kier alpha value is -1.44. The molecule has 2 aliphatic carbocycles. The fourth-order valence-electron chi connectivity index (χ4n) is 2.47. The van der Waals surface area contributed by atoms with Gasteiger partial charge in [-0.1, -0.05) is 24.3 Å². The highest BCUT2D eigenvalue weighted by atomic mass is 16.1. The Morgan fingerprint density at radius 1 is 1.47 bits per heavy atom.